The molecule has 2 rings (SSSR count). The SMILES string of the molecule is O=C=Nc1cc(C(=O)N2CCCC2)ccc1Cl. The summed E-state index contributed by atoms with van der Waals surface area (Å²) in [6, 6.07) is 4.74. The van der Waals surface area contributed by atoms with E-state index in [2.05, 4.69) is 4.99 Å². The van der Waals surface area contributed by atoms with Crippen LogP contribution in [0.3, 0.4) is 0 Å². The molecule has 0 aliphatic carbocycles. The Kier molecular flexibility index (Phi) is 3.57. The number of amides is 1. The maximum Gasteiger partial charge on any atom is 0.253 e. The fourth-order valence-electron chi connectivity index (χ4n) is 1.88. The molecule has 88 valence electrons. The molecule has 0 radical (unpaired) electrons. The van der Waals surface area contributed by atoms with Crippen molar-refractivity contribution in [2.75, 3.05) is 13.1 Å². The summed E-state index contributed by atoms with van der Waals surface area (Å²) in [5.41, 5.74) is 0.789. The Hall–Kier alpha value is -1.64. The highest BCUT2D eigenvalue weighted by atomic mass is 35.5. The number of benzene rings is 1. The third kappa shape index (κ3) is 2.54. The van der Waals surface area contributed by atoms with E-state index in [0.29, 0.717) is 10.6 Å². The number of carbonyl (C=O) groups is 1. The largest absolute Gasteiger partial charge is 0.339 e. The van der Waals surface area contributed by atoms with Crippen LogP contribution >= 0.6 is 11.6 Å². The summed E-state index contributed by atoms with van der Waals surface area (Å²) in [6.45, 7) is 1.57. The molecule has 1 aliphatic heterocycles. The third-order valence-corrected chi connectivity index (χ3v) is 3.07. The highest BCUT2D eigenvalue weighted by molar-refractivity contribution is 6.33. The quantitative estimate of drug-likeness (QED) is 0.598. The monoisotopic (exact) mass is 250 g/mol. The number of aliphatic imine (C=N–C) groups is 1. The number of hydrogen-bond acceptors (Lipinski definition) is 3. The number of likely N-dealkylation sites (tertiary alicyclic amines) is 1. The van der Waals surface area contributed by atoms with Crippen molar-refractivity contribution in [3.63, 3.8) is 0 Å². The molecule has 1 saturated heterocycles. The zero-order valence-electron chi connectivity index (χ0n) is 9.15. The zero-order chi connectivity index (χ0) is 12.3. The van der Waals surface area contributed by atoms with E-state index in [0.717, 1.165) is 25.9 Å². The Morgan fingerprint density at radius 1 is 1.35 bits per heavy atom. The molecule has 0 unspecified atom stereocenters. The fraction of sp³-hybridized carbons (Fsp3) is 0.333. The minimum Gasteiger partial charge on any atom is -0.339 e. The number of isocyanates is 1. The minimum absolute atomic E-state index is 0.0403. The lowest BCUT2D eigenvalue weighted by atomic mass is 10.2. The molecule has 1 aromatic rings. The number of halogens is 1. The van der Waals surface area contributed by atoms with Gasteiger partial charge in [0.2, 0.25) is 6.08 Å². The normalized spacial score (nSPS) is 14.5. The third-order valence-electron chi connectivity index (χ3n) is 2.75. The Morgan fingerprint density at radius 3 is 2.71 bits per heavy atom. The van der Waals surface area contributed by atoms with Crippen molar-refractivity contribution < 1.29 is 9.59 Å². The smallest absolute Gasteiger partial charge is 0.253 e. The fourth-order valence-corrected chi connectivity index (χ4v) is 2.04. The van der Waals surface area contributed by atoms with Gasteiger partial charge >= 0.3 is 0 Å². The van der Waals surface area contributed by atoms with E-state index in [9.17, 15) is 9.59 Å². The van der Waals surface area contributed by atoms with Crippen LogP contribution in [0.4, 0.5) is 5.69 Å². The molecule has 1 aliphatic rings. The minimum atomic E-state index is -0.0403. The predicted molar refractivity (Wildman–Crippen MR) is 64.4 cm³/mol. The van der Waals surface area contributed by atoms with Crippen LogP contribution in [0.1, 0.15) is 23.2 Å². The second-order valence-electron chi connectivity index (χ2n) is 3.87. The van der Waals surface area contributed by atoms with Crippen LogP contribution in [0.15, 0.2) is 23.2 Å². The Bertz CT molecular complexity index is 489. The van der Waals surface area contributed by atoms with Gasteiger partial charge in [-0.3, -0.25) is 4.79 Å². The van der Waals surface area contributed by atoms with Gasteiger partial charge in [-0.25, -0.2) is 4.79 Å². The van der Waals surface area contributed by atoms with Crippen molar-refractivity contribution >= 4 is 29.3 Å². The molecule has 1 fully saturated rings. The lowest BCUT2D eigenvalue weighted by Crippen LogP contribution is -2.27. The topological polar surface area (TPSA) is 49.7 Å². The summed E-state index contributed by atoms with van der Waals surface area (Å²) in [6.07, 6.45) is 3.51. The maximum absolute atomic E-state index is 12.1. The molecule has 0 atom stereocenters. The van der Waals surface area contributed by atoms with Gasteiger partial charge in [0.15, 0.2) is 0 Å². The van der Waals surface area contributed by atoms with Crippen LogP contribution in [-0.2, 0) is 4.79 Å². The van der Waals surface area contributed by atoms with Gasteiger partial charge in [-0.05, 0) is 31.0 Å². The standard InChI is InChI=1S/C12H11ClN2O2/c13-10-4-3-9(7-11(10)14-8-16)12(17)15-5-1-2-6-15/h3-4,7H,1-2,5-6H2. The first-order chi connectivity index (χ1) is 8.22. The summed E-state index contributed by atoms with van der Waals surface area (Å²) in [4.78, 5) is 27.5. The van der Waals surface area contributed by atoms with E-state index in [4.69, 9.17) is 11.6 Å². The number of carbonyl (C=O) groups excluding carboxylic acids is 2. The van der Waals surface area contributed by atoms with Gasteiger partial charge in [0.1, 0.15) is 0 Å². The molecule has 17 heavy (non-hydrogen) atoms. The van der Waals surface area contributed by atoms with Crippen molar-refractivity contribution in [1.82, 2.24) is 4.90 Å². The second-order valence-corrected chi connectivity index (χ2v) is 4.28. The van der Waals surface area contributed by atoms with Crippen LogP contribution in [0.5, 0.6) is 0 Å². The molecule has 0 N–H and O–H groups in total. The molecular weight excluding hydrogens is 240 g/mol. The highest BCUT2D eigenvalue weighted by Crippen LogP contribution is 2.26. The average Bonchev–Trinajstić information content (AvgIpc) is 2.85. The molecule has 1 heterocycles. The summed E-state index contributed by atoms with van der Waals surface area (Å²) in [7, 11) is 0. The van der Waals surface area contributed by atoms with Gasteiger partial charge in [-0.15, -0.1) is 0 Å². The average molecular weight is 251 g/mol. The van der Waals surface area contributed by atoms with Crippen LogP contribution < -0.4 is 0 Å². The summed E-state index contributed by atoms with van der Waals surface area (Å²) >= 11 is 5.84. The predicted octanol–water partition coefficient (Wildman–Crippen LogP) is 2.54. The van der Waals surface area contributed by atoms with Crippen molar-refractivity contribution in [2.24, 2.45) is 4.99 Å². The van der Waals surface area contributed by atoms with Crippen LogP contribution in [0.25, 0.3) is 0 Å². The summed E-state index contributed by atoms with van der Waals surface area (Å²) < 4.78 is 0. The van der Waals surface area contributed by atoms with Crippen LogP contribution in [-0.4, -0.2) is 30.0 Å². The zero-order valence-corrected chi connectivity index (χ0v) is 9.91. The second kappa shape index (κ2) is 5.13. The van der Waals surface area contributed by atoms with Crippen molar-refractivity contribution in [1.29, 1.82) is 0 Å². The molecule has 0 aromatic heterocycles. The molecule has 5 heteroatoms. The highest BCUT2D eigenvalue weighted by Gasteiger charge is 2.19. The van der Waals surface area contributed by atoms with Gasteiger partial charge in [-0.2, -0.15) is 4.99 Å². The van der Waals surface area contributed by atoms with Gasteiger partial charge in [0.05, 0.1) is 10.7 Å². The molecule has 0 bridgehead atoms. The summed E-state index contributed by atoms with van der Waals surface area (Å²) in [5.74, 6) is -0.0403. The van der Waals surface area contributed by atoms with E-state index >= 15 is 0 Å². The van der Waals surface area contributed by atoms with Gasteiger partial charge < -0.3 is 4.90 Å². The molecule has 1 aromatic carbocycles. The Balaban J connectivity index is 2.29. The van der Waals surface area contributed by atoms with Crippen molar-refractivity contribution in [2.45, 2.75) is 12.8 Å². The van der Waals surface area contributed by atoms with Gasteiger partial charge in [0.25, 0.3) is 5.91 Å². The van der Waals surface area contributed by atoms with Crippen molar-refractivity contribution in [3.8, 4) is 0 Å². The van der Waals surface area contributed by atoms with E-state index < -0.39 is 0 Å². The van der Waals surface area contributed by atoms with E-state index in [1.165, 1.54) is 12.1 Å². The van der Waals surface area contributed by atoms with E-state index in [1.807, 2.05) is 0 Å². The first kappa shape index (κ1) is 11.8. The first-order valence-corrected chi connectivity index (χ1v) is 5.77. The molecule has 0 spiro atoms. The molecule has 1 amide bonds. The Morgan fingerprint density at radius 2 is 2.06 bits per heavy atom. The number of hydrogen-bond donors (Lipinski definition) is 0. The molecular formula is C12H11ClN2O2. The molecule has 4 nitrogen and oxygen atoms in total. The van der Waals surface area contributed by atoms with Gasteiger partial charge in [0, 0.05) is 18.7 Å². The van der Waals surface area contributed by atoms with Gasteiger partial charge in [-0.1, -0.05) is 11.6 Å². The Labute approximate surface area is 104 Å². The number of rotatable bonds is 2. The first-order valence-electron chi connectivity index (χ1n) is 5.39. The number of nitrogens with zero attached hydrogens (tertiary/aromatic N) is 2. The lowest BCUT2D eigenvalue weighted by molar-refractivity contribution is 0.0793. The van der Waals surface area contributed by atoms with Crippen molar-refractivity contribution in [3.05, 3.63) is 28.8 Å². The molecule has 0 saturated carbocycles. The summed E-state index contributed by atoms with van der Waals surface area (Å²) in [5, 5.41) is 0.339. The lowest BCUT2D eigenvalue weighted by Gasteiger charge is -2.15. The van der Waals surface area contributed by atoms with Crippen LogP contribution in [0.2, 0.25) is 5.02 Å². The van der Waals surface area contributed by atoms with E-state index in [-0.39, 0.29) is 11.6 Å². The van der Waals surface area contributed by atoms with E-state index in [1.54, 1.807) is 17.0 Å². The van der Waals surface area contributed by atoms with Crippen LogP contribution in [0, 0.1) is 0 Å². The maximum atomic E-state index is 12.1.